The first-order chi connectivity index (χ1) is 16.2. The SMILES string of the molecule is Cc1ccc(COc2ccc(/C=C3/C(=O)NC(=O)N(c4ccc(C)c(Cl)c4)C3=O)cc2I)cc1. The number of benzene rings is 3. The summed E-state index contributed by atoms with van der Waals surface area (Å²) in [5, 5.41) is 2.63. The first-order valence-corrected chi connectivity index (χ1v) is 11.8. The van der Waals surface area contributed by atoms with Gasteiger partial charge in [0.05, 0.1) is 9.26 Å². The van der Waals surface area contributed by atoms with E-state index in [4.69, 9.17) is 16.3 Å². The third-order valence-electron chi connectivity index (χ3n) is 5.30. The lowest BCUT2D eigenvalue weighted by atomic mass is 10.1. The molecule has 4 rings (SSSR count). The third kappa shape index (κ3) is 5.15. The second-order valence-corrected chi connectivity index (χ2v) is 9.42. The molecule has 0 bridgehead atoms. The van der Waals surface area contributed by atoms with Gasteiger partial charge in [-0.15, -0.1) is 0 Å². The maximum absolute atomic E-state index is 13.1. The van der Waals surface area contributed by atoms with Crippen molar-refractivity contribution >= 4 is 63.8 Å². The first-order valence-electron chi connectivity index (χ1n) is 10.4. The number of anilines is 1. The first kappa shape index (κ1) is 24.0. The van der Waals surface area contributed by atoms with Crippen molar-refractivity contribution in [1.29, 1.82) is 0 Å². The Morgan fingerprint density at radius 1 is 1.00 bits per heavy atom. The van der Waals surface area contributed by atoms with Crippen LogP contribution in [0.25, 0.3) is 6.08 Å². The molecule has 1 aliphatic rings. The molecule has 0 aliphatic carbocycles. The number of amides is 4. The molecule has 0 aromatic heterocycles. The Balaban J connectivity index is 1.56. The van der Waals surface area contributed by atoms with Crippen molar-refractivity contribution in [2.75, 3.05) is 4.90 Å². The van der Waals surface area contributed by atoms with Gasteiger partial charge in [0, 0.05) is 5.02 Å². The zero-order valence-corrected chi connectivity index (χ0v) is 21.3. The number of rotatable bonds is 5. The quantitative estimate of drug-likeness (QED) is 0.233. The summed E-state index contributed by atoms with van der Waals surface area (Å²) in [7, 11) is 0. The number of halogens is 2. The predicted octanol–water partition coefficient (Wildman–Crippen LogP) is 5.81. The van der Waals surface area contributed by atoms with E-state index in [0.29, 0.717) is 22.9 Å². The number of hydrogen-bond acceptors (Lipinski definition) is 4. The van der Waals surface area contributed by atoms with Crippen molar-refractivity contribution in [1.82, 2.24) is 5.32 Å². The van der Waals surface area contributed by atoms with Gasteiger partial charge in [0.15, 0.2) is 0 Å². The van der Waals surface area contributed by atoms with E-state index in [1.165, 1.54) is 17.7 Å². The van der Waals surface area contributed by atoms with Crippen molar-refractivity contribution in [3.63, 3.8) is 0 Å². The highest BCUT2D eigenvalue weighted by molar-refractivity contribution is 14.1. The molecule has 4 amide bonds. The van der Waals surface area contributed by atoms with Gasteiger partial charge in [0.25, 0.3) is 11.8 Å². The lowest BCUT2D eigenvalue weighted by Crippen LogP contribution is -2.54. The van der Waals surface area contributed by atoms with E-state index in [1.54, 1.807) is 24.3 Å². The lowest BCUT2D eigenvalue weighted by molar-refractivity contribution is -0.122. The van der Waals surface area contributed by atoms with Gasteiger partial charge in [0.2, 0.25) is 0 Å². The number of aryl methyl sites for hydroxylation is 2. The van der Waals surface area contributed by atoms with Crippen molar-refractivity contribution in [3.8, 4) is 5.75 Å². The minimum Gasteiger partial charge on any atom is -0.488 e. The van der Waals surface area contributed by atoms with Gasteiger partial charge in [-0.25, -0.2) is 9.69 Å². The fourth-order valence-corrected chi connectivity index (χ4v) is 4.22. The predicted molar refractivity (Wildman–Crippen MR) is 140 cm³/mol. The molecular formula is C26H20ClIN2O4. The highest BCUT2D eigenvalue weighted by Gasteiger charge is 2.37. The van der Waals surface area contributed by atoms with E-state index in [-0.39, 0.29) is 11.3 Å². The summed E-state index contributed by atoms with van der Waals surface area (Å²) in [6.45, 7) is 4.27. The van der Waals surface area contributed by atoms with Crippen LogP contribution in [0.2, 0.25) is 5.02 Å². The van der Waals surface area contributed by atoms with Gasteiger partial charge >= 0.3 is 6.03 Å². The molecule has 1 aliphatic heterocycles. The van der Waals surface area contributed by atoms with Crippen molar-refractivity contribution in [2.45, 2.75) is 20.5 Å². The van der Waals surface area contributed by atoms with E-state index in [1.807, 2.05) is 44.2 Å². The van der Waals surface area contributed by atoms with Crippen LogP contribution in [0, 0.1) is 17.4 Å². The fraction of sp³-hybridized carbons (Fsp3) is 0.115. The summed E-state index contributed by atoms with van der Waals surface area (Å²) in [6, 6.07) is 17.5. The molecule has 1 fully saturated rings. The van der Waals surface area contributed by atoms with Gasteiger partial charge in [-0.3, -0.25) is 14.9 Å². The van der Waals surface area contributed by atoms with Crippen LogP contribution in [0.1, 0.15) is 22.3 Å². The standard InChI is InChI=1S/C26H20ClIN2O4/c1-15-3-6-17(7-4-15)14-34-23-10-8-18(12-22(23)28)11-20-24(31)29-26(33)30(25(20)32)19-9-5-16(2)21(27)13-19/h3-13H,14H2,1-2H3,(H,29,31,33)/b20-11-. The molecule has 1 heterocycles. The van der Waals surface area contributed by atoms with Crippen LogP contribution >= 0.6 is 34.2 Å². The zero-order chi connectivity index (χ0) is 24.4. The van der Waals surface area contributed by atoms with E-state index >= 15 is 0 Å². The maximum Gasteiger partial charge on any atom is 0.335 e. The number of carbonyl (C=O) groups is 3. The summed E-state index contributed by atoms with van der Waals surface area (Å²) < 4.78 is 6.74. The number of barbiturate groups is 1. The molecule has 1 N–H and O–H groups in total. The maximum atomic E-state index is 13.1. The number of ether oxygens (including phenoxy) is 1. The normalized spacial score (nSPS) is 15.0. The second kappa shape index (κ2) is 9.99. The molecule has 0 atom stereocenters. The molecule has 1 saturated heterocycles. The van der Waals surface area contributed by atoms with Crippen LogP contribution < -0.4 is 15.0 Å². The summed E-state index contributed by atoms with van der Waals surface area (Å²) in [5.41, 5.74) is 3.80. The van der Waals surface area contributed by atoms with E-state index < -0.39 is 17.8 Å². The van der Waals surface area contributed by atoms with Crippen LogP contribution in [-0.4, -0.2) is 17.8 Å². The summed E-state index contributed by atoms with van der Waals surface area (Å²) in [5.74, 6) is -0.781. The fourth-order valence-electron chi connectivity index (χ4n) is 3.35. The Morgan fingerprint density at radius 2 is 1.74 bits per heavy atom. The average Bonchev–Trinajstić information content (AvgIpc) is 2.79. The van der Waals surface area contributed by atoms with Crippen LogP contribution in [0.15, 0.2) is 66.2 Å². The smallest absolute Gasteiger partial charge is 0.335 e. The molecule has 0 radical (unpaired) electrons. The molecule has 0 saturated carbocycles. The van der Waals surface area contributed by atoms with Gasteiger partial charge in [-0.05, 0) is 83.5 Å². The highest BCUT2D eigenvalue weighted by atomic mass is 127. The van der Waals surface area contributed by atoms with Gasteiger partial charge < -0.3 is 4.74 Å². The Hall–Kier alpha value is -3.17. The van der Waals surface area contributed by atoms with Gasteiger partial charge in [-0.2, -0.15) is 0 Å². The Labute approximate surface area is 215 Å². The minimum atomic E-state index is -0.818. The Bertz CT molecular complexity index is 1340. The summed E-state index contributed by atoms with van der Waals surface area (Å²) >= 11 is 8.31. The number of carbonyl (C=O) groups excluding carboxylic acids is 3. The molecule has 3 aromatic carbocycles. The molecule has 8 heteroatoms. The molecular weight excluding hydrogens is 567 g/mol. The Morgan fingerprint density at radius 3 is 2.41 bits per heavy atom. The molecule has 3 aromatic rings. The monoisotopic (exact) mass is 586 g/mol. The largest absolute Gasteiger partial charge is 0.488 e. The molecule has 0 spiro atoms. The van der Waals surface area contributed by atoms with Crippen molar-refractivity contribution in [2.24, 2.45) is 0 Å². The molecule has 34 heavy (non-hydrogen) atoms. The number of nitrogens with zero attached hydrogens (tertiary/aromatic N) is 1. The third-order valence-corrected chi connectivity index (χ3v) is 6.55. The Kier molecular flexibility index (Phi) is 7.04. The minimum absolute atomic E-state index is 0.152. The van der Waals surface area contributed by atoms with Gasteiger partial charge in [-0.1, -0.05) is 53.6 Å². The molecule has 172 valence electrons. The van der Waals surface area contributed by atoms with E-state index in [2.05, 4.69) is 27.9 Å². The molecule has 6 nitrogen and oxygen atoms in total. The van der Waals surface area contributed by atoms with Crippen molar-refractivity contribution < 1.29 is 19.1 Å². The van der Waals surface area contributed by atoms with Crippen molar-refractivity contribution in [3.05, 3.63) is 97.1 Å². The van der Waals surface area contributed by atoms with Crippen LogP contribution in [0.5, 0.6) is 5.75 Å². The number of imide groups is 2. The average molecular weight is 587 g/mol. The van der Waals surface area contributed by atoms with Crippen LogP contribution in [0.3, 0.4) is 0 Å². The van der Waals surface area contributed by atoms with E-state index in [0.717, 1.165) is 19.6 Å². The topological polar surface area (TPSA) is 75.7 Å². The van der Waals surface area contributed by atoms with E-state index in [9.17, 15) is 14.4 Å². The lowest BCUT2D eigenvalue weighted by Gasteiger charge is -2.26. The summed E-state index contributed by atoms with van der Waals surface area (Å²) in [4.78, 5) is 38.8. The summed E-state index contributed by atoms with van der Waals surface area (Å²) in [6.07, 6.45) is 1.46. The second-order valence-electron chi connectivity index (χ2n) is 7.86. The van der Waals surface area contributed by atoms with Gasteiger partial charge in [0.1, 0.15) is 17.9 Å². The van der Waals surface area contributed by atoms with Crippen LogP contribution in [-0.2, 0) is 16.2 Å². The van der Waals surface area contributed by atoms with Crippen LogP contribution in [0.4, 0.5) is 10.5 Å². The number of hydrogen-bond donors (Lipinski definition) is 1. The zero-order valence-electron chi connectivity index (χ0n) is 18.4. The highest BCUT2D eigenvalue weighted by Crippen LogP contribution is 2.28. The number of nitrogens with one attached hydrogen (secondary N) is 1. The number of urea groups is 1. The molecule has 0 unspecified atom stereocenters.